The standard InChI is InChI=1S/C11H18N2O4S/c1-7-11(8(2)17-12-7)18(15,16)13-9-4-3-5-10(14)6-9/h9-10,13-14H,3-6H2,1-2H3. The summed E-state index contributed by atoms with van der Waals surface area (Å²) in [7, 11) is -3.62. The fourth-order valence-corrected chi connectivity index (χ4v) is 4.02. The van der Waals surface area contributed by atoms with Gasteiger partial charge in [0.15, 0.2) is 5.76 Å². The van der Waals surface area contributed by atoms with Crippen molar-refractivity contribution in [2.45, 2.75) is 56.6 Å². The van der Waals surface area contributed by atoms with E-state index in [1.54, 1.807) is 13.8 Å². The van der Waals surface area contributed by atoms with Crippen LogP contribution in [0.3, 0.4) is 0 Å². The summed E-state index contributed by atoms with van der Waals surface area (Å²) in [5.74, 6) is 0.288. The van der Waals surface area contributed by atoms with Crippen LogP contribution >= 0.6 is 0 Å². The predicted octanol–water partition coefficient (Wildman–Crippen LogP) is 0.873. The lowest BCUT2D eigenvalue weighted by atomic mass is 9.94. The second-order valence-electron chi connectivity index (χ2n) is 4.79. The van der Waals surface area contributed by atoms with E-state index in [9.17, 15) is 13.5 Å². The van der Waals surface area contributed by atoms with Crippen LogP contribution in [0, 0.1) is 13.8 Å². The number of nitrogens with zero attached hydrogens (tertiary/aromatic N) is 1. The molecule has 0 aromatic carbocycles. The molecule has 1 aromatic heterocycles. The molecular formula is C11H18N2O4S. The van der Waals surface area contributed by atoms with Crippen molar-refractivity contribution in [1.29, 1.82) is 0 Å². The van der Waals surface area contributed by atoms with Crippen molar-refractivity contribution in [2.24, 2.45) is 0 Å². The fourth-order valence-electron chi connectivity index (χ4n) is 2.41. The molecule has 0 radical (unpaired) electrons. The van der Waals surface area contributed by atoms with E-state index < -0.39 is 16.1 Å². The first-order valence-electron chi connectivity index (χ1n) is 6.03. The minimum Gasteiger partial charge on any atom is -0.393 e. The summed E-state index contributed by atoms with van der Waals surface area (Å²) in [6.45, 7) is 3.17. The van der Waals surface area contributed by atoms with Gasteiger partial charge in [-0.1, -0.05) is 5.16 Å². The van der Waals surface area contributed by atoms with Crippen LogP contribution in [0.4, 0.5) is 0 Å². The second kappa shape index (κ2) is 4.99. The topological polar surface area (TPSA) is 92.4 Å². The molecule has 1 saturated carbocycles. The Labute approximate surface area is 106 Å². The maximum absolute atomic E-state index is 12.2. The minimum absolute atomic E-state index is 0.113. The van der Waals surface area contributed by atoms with Crippen LogP contribution < -0.4 is 4.72 Å². The van der Waals surface area contributed by atoms with Crippen LogP contribution in [0.25, 0.3) is 0 Å². The molecule has 2 unspecified atom stereocenters. The number of nitrogens with one attached hydrogen (secondary N) is 1. The van der Waals surface area contributed by atoms with Crippen LogP contribution in [-0.2, 0) is 10.0 Å². The molecule has 0 saturated heterocycles. The summed E-state index contributed by atoms with van der Waals surface area (Å²) in [6, 6.07) is -0.215. The Kier molecular flexibility index (Phi) is 3.74. The number of aliphatic hydroxyl groups excluding tert-OH is 1. The van der Waals surface area contributed by atoms with Crippen molar-refractivity contribution in [2.75, 3.05) is 0 Å². The smallest absolute Gasteiger partial charge is 0.246 e. The van der Waals surface area contributed by atoms with Gasteiger partial charge < -0.3 is 9.63 Å². The highest BCUT2D eigenvalue weighted by atomic mass is 32.2. The van der Waals surface area contributed by atoms with Crippen molar-refractivity contribution < 1.29 is 18.0 Å². The molecule has 18 heavy (non-hydrogen) atoms. The van der Waals surface area contributed by atoms with Gasteiger partial charge in [0.05, 0.1) is 6.10 Å². The molecule has 6 nitrogen and oxygen atoms in total. The van der Waals surface area contributed by atoms with Gasteiger partial charge in [0.1, 0.15) is 10.6 Å². The van der Waals surface area contributed by atoms with Crippen LogP contribution in [0.15, 0.2) is 9.42 Å². The van der Waals surface area contributed by atoms with E-state index in [1.807, 2.05) is 0 Å². The molecule has 0 aliphatic heterocycles. The maximum atomic E-state index is 12.2. The number of hydrogen-bond acceptors (Lipinski definition) is 5. The molecule has 2 rings (SSSR count). The Balaban J connectivity index is 2.17. The average Bonchev–Trinajstić information content (AvgIpc) is 2.58. The van der Waals surface area contributed by atoms with Crippen molar-refractivity contribution in [3.63, 3.8) is 0 Å². The number of sulfonamides is 1. The summed E-state index contributed by atoms with van der Waals surface area (Å²) < 4.78 is 31.9. The first-order chi connectivity index (χ1) is 8.40. The second-order valence-corrected chi connectivity index (χ2v) is 6.44. The first kappa shape index (κ1) is 13.5. The van der Waals surface area contributed by atoms with E-state index in [-0.39, 0.29) is 16.7 Å². The quantitative estimate of drug-likeness (QED) is 0.853. The van der Waals surface area contributed by atoms with Gasteiger partial charge in [-0.25, -0.2) is 13.1 Å². The zero-order valence-electron chi connectivity index (χ0n) is 10.5. The summed E-state index contributed by atoms with van der Waals surface area (Å²) in [5, 5.41) is 13.2. The molecule has 2 N–H and O–H groups in total. The van der Waals surface area contributed by atoms with Gasteiger partial charge in [-0.15, -0.1) is 0 Å². The molecule has 1 aliphatic carbocycles. The third-order valence-electron chi connectivity index (χ3n) is 3.20. The number of aliphatic hydroxyl groups is 1. The van der Waals surface area contributed by atoms with Crippen molar-refractivity contribution in [3.05, 3.63) is 11.5 Å². The summed E-state index contributed by atoms with van der Waals surface area (Å²) >= 11 is 0. The molecule has 102 valence electrons. The fraction of sp³-hybridized carbons (Fsp3) is 0.727. The number of aromatic nitrogens is 1. The Bertz CT molecular complexity index is 504. The molecule has 7 heteroatoms. The highest BCUT2D eigenvalue weighted by molar-refractivity contribution is 7.89. The monoisotopic (exact) mass is 274 g/mol. The summed E-state index contributed by atoms with van der Waals surface area (Å²) in [4.78, 5) is 0.113. The third kappa shape index (κ3) is 2.73. The highest BCUT2D eigenvalue weighted by Gasteiger charge is 2.29. The minimum atomic E-state index is -3.62. The Morgan fingerprint density at radius 2 is 2.11 bits per heavy atom. The highest BCUT2D eigenvalue weighted by Crippen LogP contribution is 2.23. The lowest BCUT2D eigenvalue weighted by molar-refractivity contribution is 0.117. The molecule has 0 spiro atoms. The molecule has 1 aliphatic rings. The van der Waals surface area contributed by atoms with Gasteiger partial charge in [0, 0.05) is 6.04 Å². The molecule has 1 fully saturated rings. The van der Waals surface area contributed by atoms with Crippen molar-refractivity contribution in [1.82, 2.24) is 9.88 Å². The molecular weight excluding hydrogens is 256 g/mol. The summed E-state index contributed by atoms with van der Waals surface area (Å²) in [6.07, 6.45) is 2.36. The lowest BCUT2D eigenvalue weighted by Crippen LogP contribution is -2.39. The Morgan fingerprint density at radius 3 is 2.67 bits per heavy atom. The number of aryl methyl sites for hydroxylation is 2. The summed E-state index contributed by atoms with van der Waals surface area (Å²) in [5.41, 5.74) is 0.358. The normalized spacial score (nSPS) is 25.3. The number of hydrogen-bond donors (Lipinski definition) is 2. The van der Waals surface area contributed by atoms with Crippen molar-refractivity contribution in [3.8, 4) is 0 Å². The van der Waals surface area contributed by atoms with E-state index >= 15 is 0 Å². The van der Waals surface area contributed by atoms with Gasteiger partial charge in [0.25, 0.3) is 0 Å². The van der Waals surface area contributed by atoms with Crippen LogP contribution in [0.2, 0.25) is 0 Å². The van der Waals surface area contributed by atoms with E-state index in [0.717, 1.165) is 19.3 Å². The maximum Gasteiger partial charge on any atom is 0.246 e. The average molecular weight is 274 g/mol. The molecule has 0 bridgehead atoms. The zero-order valence-corrected chi connectivity index (χ0v) is 11.3. The predicted molar refractivity (Wildman–Crippen MR) is 64.6 cm³/mol. The van der Waals surface area contributed by atoms with Gasteiger partial charge in [-0.2, -0.15) is 0 Å². The van der Waals surface area contributed by atoms with E-state index in [4.69, 9.17) is 4.52 Å². The molecule has 0 amide bonds. The van der Waals surface area contributed by atoms with Crippen LogP contribution in [-0.4, -0.2) is 30.8 Å². The van der Waals surface area contributed by atoms with E-state index in [1.165, 1.54) is 0 Å². The SMILES string of the molecule is Cc1noc(C)c1S(=O)(=O)NC1CCCC(O)C1. The largest absolute Gasteiger partial charge is 0.393 e. The number of rotatable bonds is 3. The Morgan fingerprint density at radius 1 is 1.39 bits per heavy atom. The van der Waals surface area contributed by atoms with Crippen molar-refractivity contribution >= 4 is 10.0 Å². The van der Waals surface area contributed by atoms with Gasteiger partial charge in [0.2, 0.25) is 10.0 Å². The lowest BCUT2D eigenvalue weighted by Gasteiger charge is -2.26. The van der Waals surface area contributed by atoms with Gasteiger partial charge in [-0.05, 0) is 39.5 Å². The molecule has 1 heterocycles. The van der Waals surface area contributed by atoms with Crippen LogP contribution in [0.1, 0.15) is 37.1 Å². The Hall–Kier alpha value is -0.920. The van der Waals surface area contributed by atoms with E-state index in [0.29, 0.717) is 12.1 Å². The van der Waals surface area contributed by atoms with Gasteiger partial charge >= 0.3 is 0 Å². The molecule has 1 aromatic rings. The van der Waals surface area contributed by atoms with E-state index in [2.05, 4.69) is 9.88 Å². The molecule has 2 atom stereocenters. The van der Waals surface area contributed by atoms with Crippen LogP contribution in [0.5, 0.6) is 0 Å². The zero-order chi connectivity index (χ0) is 13.3. The first-order valence-corrected chi connectivity index (χ1v) is 7.51. The third-order valence-corrected chi connectivity index (χ3v) is 4.97. The van der Waals surface area contributed by atoms with Gasteiger partial charge in [-0.3, -0.25) is 0 Å².